The predicted molar refractivity (Wildman–Crippen MR) is 86.3 cm³/mol. The average molecular weight is 302 g/mol. The monoisotopic (exact) mass is 302 g/mol. The van der Waals surface area contributed by atoms with Crippen molar-refractivity contribution >= 4 is 11.7 Å². The van der Waals surface area contributed by atoms with Gasteiger partial charge >= 0.3 is 0 Å². The number of rotatable bonds is 4. The van der Waals surface area contributed by atoms with Gasteiger partial charge in [0.2, 0.25) is 0 Å². The van der Waals surface area contributed by atoms with Gasteiger partial charge in [0, 0.05) is 6.04 Å². The maximum atomic E-state index is 11.9. The number of amidine groups is 1. The molecular weight excluding hydrogens is 276 g/mol. The van der Waals surface area contributed by atoms with E-state index in [2.05, 4.69) is 39.5 Å². The van der Waals surface area contributed by atoms with Crippen molar-refractivity contribution < 1.29 is 14.3 Å². The summed E-state index contributed by atoms with van der Waals surface area (Å²) in [6.07, 6.45) is 2.32. The number of hydrogen-bond acceptors (Lipinski definition) is 1. The van der Waals surface area contributed by atoms with Crippen LogP contribution in [0, 0.1) is 0 Å². The molecule has 3 rings (SSSR count). The Balaban J connectivity index is 1.57. The van der Waals surface area contributed by atoms with Crippen LogP contribution >= 0.6 is 0 Å². The molecule has 1 aromatic carbocycles. The van der Waals surface area contributed by atoms with E-state index in [0.717, 1.165) is 39.0 Å². The van der Waals surface area contributed by atoms with Gasteiger partial charge in [-0.2, -0.15) is 0 Å². The zero-order valence-electron chi connectivity index (χ0n) is 13.3. The summed E-state index contributed by atoms with van der Waals surface area (Å²) in [6.45, 7) is 4.60. The summed E-state index contributed by atoms with van der Waals surface area (Å²) in [5, 5.41) is 6.41. The molecular formula is C17H26N4O+2. The molecule has 1 saturated heterocycles. The molecule has 0 spiro atoms. The van der Waals surface area contributed by atoms with E-state index in [1.807, 2.05) is 13.1 Å². The third-order valence-corrected chi connectivity index (χ3v) is 4.42. The van der Waals surface area contributed by atoms with Crippen LogP contribution in [-0.4, -0.2) is 62.1 Å². The van der Waals surface area contributed by atoms with Crippen molar-refractivity contribution in [1.82, 2.24) is 10.6 Å². The number of quaternary nitrogens is 1. The number of nitrogens with zero attached hydrogens (tertiary/aromatic N) is 1. The van der Waals surface area contributed by atoms with Crippen molar-refractivity contribution in [2.75, 3.05) is 39.8 Å². The summed E-state index contributed by atoms with van der Waals surface area (Å²) >= 11 is 0. The van der Waals surface area contributed by atoms with Crippen LogP contribution in [0.3, 0.4) is 0 Å². The van der Waals surface area contributed by atoms with E-state index in [1.54, 1.807) is 0 Å². The van der Waals surface area contributed by atoms with Crippen molar-refractivity contribution in [3.05, 3.63) is 35.9 Å². The quantitative estimate of drug-likeness (QED) is 0.485. The Morgan fingerprint density at radius 1 is 1.23 bits per heavy atom. The van der Waals surface area contributed by atoms with Crippen LogP contribution in [0.2, 0.25) is 0 Å². The second kappa shape index (κ2) is 6.92. The second-order valence-electron chi connectivity index (χ2n) is 6.22. The maximum absolute atomic E-state index is 11.9. The molecule has 5 nitrogen and oxygen atoms in total. The average Bonchev–Trinajstić information content (AvgIpc) is 3.34. The minimum atomic E-state index is 0.215. The lowest BCUT2D eigenvalue weighted by molar-refractivity contribution is -0.924. The third-order valence-electron chi connectivity index (χ3n) is 4.42. The first-order chi connectivity index (χ1) is 10.8. The largest absolute Gasteiger partial charge is 0.348 e. The van der Waals surface area contributed by atoms with Crippen LogP contribution in [-0.2, 0) is 4.79 Å². The molecule has 2 aliphatic rings. The summed E-state index contributed by atoms with van der Waals surface area (Å²) in [7, 11) is 1.98. The van der Waals surface area contributed by atoms with Crippen molar-refractivity contribution in [3.8, 4) is 0 Å². The van der Waals surface area contributed by atoms with E-state index in [4.69, 9.17) is 0 Å². The summed E-state index contributed by atoms with van der Waals surface area (Å²) in [5.74, 6) is 1.40. The molecule has 2 fully saturated rings. The van der Waals surface area contributed by atoms with Crippen LogP contribution in [0.4, 0.5) is 0 Å². The molecule has 0 atom stereocenters. The van der Waals surface area contributed by atoms with Crippen LogP contribution in [0.5, 0.6) is 0 Å². The fourth-order valence-corrected chi connectivity index (χ4v) is 3.04. The number of carbonyl (C=O) groups is 1. The molecule has 1 aliphatic heterocycles. The highest BCUT2D eigenvalue weighted by molar-refractivity contribution is 5.94. The summed E-state index contributed by atoms with van der Waals surface area (Å²) < 4.78 is 2.39. The number of nitrogens with one attached hydrogen (secondary N) is 3. The van der Waals surface area contributed by atoms with Crippen LogP contribution in [0.25, 0.3) is 0 Å². The molecule has 0 aromatic heterocycles. The molecule has 0 unspecified atom stereocenters. The molecule has 0 bridgehead atoms. The lowest BCUT2D eigenvalue weighted by Crippen LogP contribution is -3.15. The normalized spacial score (nSPS) is 21.3. The first kappa shape index (κ1) is 15.0. The third kappa shape index (κ3) is 3.85. The summed E-state index contributed by atoms with van der Waals surface area (Å²) in [5.41, 5.74) is 1.22. The van der Waals surface area contributed by atoms with Gasteiger partial charge in [0.1, 0.15) is 26.2 Å². The van der Waals surface area contributed by atoms with Crippen molar-refractivity contribution in [1.29, 1.82) is 0 Å². The number of piperazine rings is 1. The molecule has 1 saturated carbocycles. The van der Waals surface area contributed by atoms with Crippen molar-refractivity contribution in [2.45, 2.75) is 18.9 Å². The molecule has 22 heavy (non-hydrogen) atoms. The Morgan fingerprint density at radius 2 is 1.91 bits per heavy atom. The lowest BCUT2D eigenvalue weighted by atomic mass is 10.2. The zero-order valence-corrected chi connectivity index (χ0v) is 13.3. The van der Waals surface area contributed by atoms with Gasteiger partial charge in [0.05, 0.1) is 12.6 Å². The second-order valence-corrected chi connectivity index (χ2v) is 6.22. The summed E-state index contributed by atoms with van der Waals surface area (Å²) in [4.78, 5) is 13.3. The van der Waals surface area contributed by atoms with Gasteiger partial charge in [-0.1, -0.05) is 18.2 Å². The molecule has 3 N–H and O–H groups in total. The highest BCUT2D eigenvalue weighted by Crippen LogP contribution is 2.17. The molecule has 1 amide bonds. The van der Waals surface area contributed by atoms with Gasteiger partial charge in [-0.3, -0.25) is 14.7 Å². The van der Waals surface area contributed by atoms with Crippen molar-refractivity contribution in [2.24, 2.45) is 0 Å². The molecule has 5 heteroatoms. The topological polar surface area (TPSA) is 48.6 Å². The van der Waals surface area contributed by atoms with Crippen molar-refractivity contribution in [3.63, 3.8) is 0 Å². The van der Waals surface area contributed by atoms with Gasteiger partial charge in [0.15, 0.2) is 6.54 Å². The Hall–Kier alpha value is -1.88. The molecule has 0 radical (unpaired) electrons. The van der Waals surface area contributed by atoms with E-state index in [-0.39, 0.29) is 5.91 Å². The van der Waals surface area contributed by atoms with Crippen LogP contribution in [0.15, 0.2) is 30.3 Å². The smallest absolute Gasteiger partial charge is 0.277 e. The van der Waals surface area contributed by atoms with E-state index in [9.17, 15) is 4.79 Å². The van der Waals surface area contributed by atoms with Gasteiger partial charge in [-0.15, -0.1) is 0 Å². The Bertz CT molecular complexity index is 541. The molecule has 1 aliphatic carbocycles. The highest BCUT2D eigenvalue weighted by atomic mass is 16.2. The minimum absolute atomic E-state index is 0.215. The lowest BCUT2D eigenvalue weighted by Gasteiger charge is -2.25. The van der Waals surface area contributed by atoms with Crippen LogP contribution < -0.4 is 15.5 Å². The molecule has 1 heterocycles. The Kier molecular flexibility index (Phi) is 4.73. The van der Waals surface area contributed by atoms with E-state index in [1.165, 1.54) is 16.3 Å². The zero-order chi connectivity index (χ0) is 15.4. The van der Waals surface area contributed by atoms with E-state index >= 15 is 0 Å². The predicted octanol–water partition coefficient (Wildman–Crippen LogP) is -1.16. The van der Waals surface area contributed by atoms with Gasteiger partial charge in [-0.05, 0) is 25.0 Å². The highest BCUT2D eigenvalue weighted by Gasteiger charge is 2.28. The maximum Gasteiger partial charge on any atom is 0.277 e. The fourth-order valence-electron chi connectivity index (χ4n) is 3.04. The Morgan fingerprint density at radius 3 is 2.50 bits per heavy atom. The van der Waals surface area contributed by atoms with Gasteiger partial charge < -0.3 is 10.2 Å². The van der Waals surface area contributed by atoms with E-state index < -0.39 is 0 Å². The van der Waals surface area contributed by atoms with Gasteiger partial charge in [0.25, 0.3) is 11.7 Å². The minimum Gasteiger partial charge on any atom is -0.348 e. The van der Waals surface area contributed by atoms with Crippen LogP contribution in [0.1, 0.15) is 18.4 Å². The first-order valence-corrected chi connectivity index (χ1v) is 8.24. The molecule has 118 valence electrons. The van der Waals surface area contributed by atoms with Gasteiger partial charge in [-0.25, -0.2) is 0 Å². The first-order valence-electron chi connectivity index (χ1n) is 8.24. The number of carbonyl (C=O) groups excluding carboxylic acids is 1. The molecule has 1 aromatic rings. The fraction of sp³-hybridized carbons (Fsp3) is 0.529. The van der Waals surface area contributed by atoms with E-state index in [0.29, 0.717) is 12.6 Å². The SMILES string of the molecule is CNC(c1ccccc1)=[N+]1CC[NH+](CC(=O)NC2CC2)CC1. The number of hydrogen-bond donors (Lipinski definition) is 3. The number of benzene rings is 1. The number of amides is 1. The summed E-state index contributed by atoms with van der Waals surface area (Å²) in [6, 6.07) is 10.9. The Labute approximate surface area is 132 Å². The standard InChI is InChI=1S/C17H24N4O/c1-18-17(14-5-3-2-4-6-14)21-11-9-20(10-12-21)13-16(22)19-15-7-8-15/h2-6,15H,7-13H2,1H3,(H,19,22)/p+2.